The smallest absolute Gasteiger partial charge is 0.237 e. The van der Waals surface area contributed by atoms with Crippen LogP contribution >= 0.6 is 0 Å². The molecule has 4 heteroatoms. The Morgan fingerprint density at radius 3 is 2.35 bits per heavy atom. The molecule has 0 saturated carbocycles. The lowest BCUT2D eigenvalue weighted by atomic mass is 9.92. The van der Waals surface area contributed by atoms with Crippen molar-refractivity contribution < 1.29 is 4.79 Å². The molecule has 1 aliphatic rings. The van der Waals surface area contributed by atoms with Crippen molar-refractivity contribution in [2.75, 3.05) is 6.54 Å². The maximum Gasteiger partial charge on any atom is 0.237 e. The van der Waals surface area contributed by atoms with Crippen LogP contribution in [-0.4, -0.2) is 41.0 Å². The minimum absolute atomic E-state index is 0.244. The van der Waals surface area contributed by atoms with E-state index in [0.717, 1.165) is 19.4 Å². The number of amides is 1. The maximum atomic E-state index is 11.7. The molecule has 0 spiro atoms. The molecule has 0 aliphatic carbocycles. The number of carbonyl (C=O) groups is 1. The van der Waals surface area contributed by atoms with E-state index in [9.17, 15) is 4.79 Å². The summed E-state index contributed by atoms with van der Waals surface area (Å²) in [6.07, 6.45) is 5.74. The van der Waals surface area contributed by atoms with Crippen LogP contribution in [0.3, 0.4) is 0 Å². The van der Waals surface area contributed by atoms with Gasteiger partial charge in [-0.15, -0.1) is 0 Å². The maximum absolute atomic E-state index is 11.7. The zero-order chi connectivity index (χ0) is 15.3. The van der Waals surface area contributed by atoms with Gasteiger partial charge >= 0.3 is 0 Å². The van der Waals surface area contributed by atoms with Gasteiger partial charge in [0, 0.05) is 18.1 Å². The Balaban J connectivity index is 2.49. The lowest BCUT2D eigenvalue weighted by Crippen LogP contribution is -2.56. The average Bonchev–Trinajstić information content (AvgIpc) is 2.32. The molecule has 0 aromatic carbocycles. The second kappa shape index (κ2) is 7.41. The number of nitrogens with two attached hydrogens (primary N) is 1. The summed E-state index contributed by atoms with van der Waals surface area (Å²) in [5, 5.41) is 3.32. The summed E-state index contributed by atoms with van der Waals surface area (Å²) >= 11 is 0. The number of nitrogens with one attached hydrogen (secondary N) is 1. The van der Waals surface area contributed by atoms with Crippen LogP contribution < -0.4 is 11.1 Å². The fourth-order valence-electron chi connectivity index (χ4n) is 3.43. The largest absolute Gasteiger partial charge is 0.368 e. The molecule has 3 unspecified atom stereocenters. The quantitative estimate of drug-likeness (QED) is 0.753. The molecule has 1 amide bonds. The number of rotatable bonds is 7. The number of primary amides is 1. The van der Waals surface area contributed by atoms with Crippen LogP contribution in [0.25, 0.3) is 0 Å². The number of likely N-dealkylation sites (tertiary alicyclic amines) is 1. The van der Waals surface area contributed by atoms with E-state index in [1.807, 2.05) is 6.92 Å². The third-order valence-corrected chi connectivity index (χ3v) is 4.62. The molecule has 0 radical (unpaired) electrons. The minimum Gasteiger partial charge on any atom is -0.368 e. The average molecular weight is 283 g/mol. The summed E-state index contributed by atoms with van der Waals surface area (Å²) in [5.41, 5.74) is 4.99. The lowest BCUT2D eigenvalue weighted by Gasteiger charge is -2.39. The highest BCUT2D eigenvalue weighted by Gasteiger charge is 2.32. The summed E-state index contributed by atoms with van der Waals surface area (Å²) in [4.78, 5) is 14.3. The topological polar surface area (TPSA) is 58.4 Å². The summed E-state index contributed by atoms with van der Waals surface area (Å²) in [6, 6.07) is 1.59. The van der Waals surface area contributed by atoms with Crippen LogP contribution in [0.5, 0.6) is 0 Å². The Labute approximate surface area is 124 Å². The highest BCUT2D eigenvalue weighted by Crippen LogP contribution is 2.23. The molecular weight excluding hydrogens is 250 g/mol. The van der Waals surface area contributed by atoms with Gasteiger partial charge in [0.25, 0.3) is 0 Å². The predicted octanol–water partition coefficient (Wildman–Crippen LogP) is 2.27. The molecular formula is C16H33N3O. The van der Waals surface area contributed by atoms with Gasteiger partial charge < -0.3 is 11.1 Å². The first kappa shape index (κ1) is 17.4. The van der Waals surface area contributed by atoms with Gasteiger partial charge in [-0.05, 0) is 66.8 Å². The predicted molar refractivity (Wildman–Crippen MR) is 84.6 cm³/mol. The van der Waals surface area contributed by atoms with Gasteiger partial charge in [0.2, 0.25) is 5.91 Å². The molecule has 4 nitrogen and oxygen atoms in total. The van der Waals surface area contributed by atoms with Gasteiger partial charge in [-0.2, -0.15) is 0 Å². The van der Waals surface area contributed by atoms with Crippen molar-refractivity contribution in [3.05, 3.63) is 0 Å². The monoisotopic (exact) mass is 283 g/mol. The Morgan fingerprint density at radius 1 is 1.35 bits per heavy atom. The number of carbonyl (C=O) groups excluding carboxylic acids is 1. The van der Waals surface area contributed by atoms with E-state index in [0.29, 0.717) is 12.1 Å². The van der Waals surface area contributed by atoms with Crippen LogP contribution in [0.2, 0.25) is 0 Å². The molecule has 0 aromatic rings. The fourth-order valence-corrected chi connectivity index (χ4v) is 3.43. The molecule has 0 aromatic heterocycles. The second-order valence-corrected chi connectivity index (χ2v) is 6.97. The Bertz CT molecular complexity index is 309. The Hall–Kier alpha value is -0.610. The zero-order valence-electron chi connectivity index (χ0n) is 13.9. The van der Waals surface area contributed by atoms with E-state index in [-0.39, 0.29) is 11.9 Å². The van der Waals surface area contributed by atoms with Gasteiger partial charge in [-0.3, -0.25) is 9.69 Å². The van der Waals surface area contributed by atoms with Crippen molar-refractivity contribution >= 4 is 5.91 Å². The van der Waals surface area contributed by atoms with Gasteiger partial charge in [-0.25, -0.2) is 0 Å². The van der Waals surface area contributed by atoms with Crippen molar-refractivity contribution in [2.45, 2.75) is 90.4 Å². The molecule has 20 heavy (non-hydrogen) atoms. The zero-order valence-corrected chi connectivity index (χ0v) is 13.9. The van der Waals surface area contributed by atoms with E-state index in [2.05, 4.69) is 37.9 Å². The fraction of sp³-hybridized carbons (Fsp3) is 0.938. The van der Waals surface area contributed by atoms with E-state index >= 15 is 0 Å². The first-order valence-electron chi connectivity index (χ1n) is 8.09. The normalized spacial score (nSPS) is 27.5. The highest BCUT2D eigenvalue weighted by molar-refractivity contribution is 5.84. The van der Waals surface area contributed by atoms with Gasteiger partial charge in [0.05, 0.1) is 5.54 Å². The number of hydrogen-bond donors (Lipinski definition) is 2. The summed E-state index contributed by atoms with van der Waals surface area (Å²) < 4.78 is 0. The van der Waals surface area contributed by atoms with Gasteiger partial charge in [0.15, 0.2) is 0 Å². The third-order valence-electron chi connectivity index (χ3n) is 4.62. The van der Waals surface area contributed by atoms with E-state index in [4.69, 9.17) is 5.73 Å². The molecule has 1 rings (SSSR count). The van der Waals surface area contributed by atoms with E-state index in [1.165, 1.54) is 19.3 Å². The van der Waals surface area contributed by atoms with Crippen LogP contribution in [-0.2, 0) is 4.79 Å². The van der Waals surface area contributed by atoms with Crippen molar-refractivity contribution in [3.63, 3.8) is 0 Å². The van der Waals surface area contributed by atoms with Crippen molar-refractivity contribution in [3.8, 4) is 0 Å². The summed E-state index contributed by atoms with van der Waals surface area (Å²) in [7, 11) is 0. The van der Waals surface area contributed by atoms with Crippen molar-refractivity contribution in [1.29, 1.82) is 0 Å². The molecule has 118 valence electrons. The molecule has 1 aliphatic heterocycles. The van der Waals surface area contributed by atoms with Crippen molar-refractivity contribution in [1.82, 2.24) is 10.2 Å². The van der Waals surface area contributed by atoms with Crippen molar-refractivity contribution in [2.24, 2.45) is 5.73 Å². The van der Waals surface area contributed by atoms with Crippen LogP contribution in [0.4, 0.5) is 0 Å². The van der Waals surface area contributed by atoms with Crippen LogP contribution in [0, 0.1) is 0 Å². The number of hydrogen-bond acceptors (Lipinski definition) is 3. The van der Waals surface area contributed by atoms with Gasteiger partial charge in [-0.1, -0.05) is 6.42 Å². The standard InChI is InChI=1S/C16H33N3O/c1-12(2)18-16(5,15(17)20)10-7-11-19-13(3)8-6-9-14(19)4/h12-14,18H,6-11H2,1-5H3,(H2,17,20). The SMILES string of the molecule is CC(C)NC(C)(CCCN1C(C)CCCC1C)C(N)=O. The first-order valence-corrected chi connectivity index (χ1v) is 8.09. The molecule has 3 atom stereocenters. The lowest BCUT2D eigenvalue weighted by molar-refractivity contribution is -0.124. The highest BCUT2D eigenvalue weighted by atomic mass is 16.1. The Morgan fingerprint density at radius 2 is 1.90 bits per heavy atom. The van der Waals surface area contributed by atoms with E-state index in [1.54, 1.807) is 0 Å². The minimum atomic E-state index is -0.587. The van der Waals surface area contributed by atoms with Crippen LogP contribution in [0.1, 0.15) is 66.7 Å². The molecule has 0 bridgehead atoms. The number of nitrogens with zero attached hydrogens (tertiary/aromatic N) is 1. The van der Waals surface area contributed by atoms with E-state index < -0.39 is 5.54 Å². The van der Waals surface area contributed by atoms with Gasteiger partial charge in [0.1, 0.15) is 0 Å². The summed E-state index contributed by atoms with van der Waals surface area (Å²) in [6.45, 7) is 11.7. The summed E-state index contributed by atoms with van der Waals surface area (Å²) in [5.74, 6) is -0.244. The Kier molecular flexibility index (Phi) is 6.46. The number of piperidine rings is 1. The molecule has 1 saturated heterocycles. The molecule has 1 heterocycles. The molecule has 1 fully saturated rings. The first-order chi connectivity index (χ1) is 9.26. The third kappa shape index (κ3) is 4.74. The van der Waals surface area contributed by atoms with Crippen LogP contribution in [0.15, 0.2) is 0 Å². The molecule has 3 N–H and O–H groups in total. The second-order valence-electron chi connectivity index (χ2n) is 6.97.